The Labute approximate surface area is 155 Å². The highest BCUT2D eigenvalue weighted by atomic mass is 35.5. The van der Waals surface area contributed by atoms with E-state index in [0.717, 1.165) is 25.7 Å². The van der Waals surface area contributed by atoms with Crippen LogP contribution in [0.3, 0.4) is 0 Å². The van der Waals surface area contributed by atoms with E-state index < -0.39 is 0 Å². The summed E-state index contributed by atoms with van der Waals surface area (Å²) < 4.78 is 0. The first kappa shape index (κ1) is 17.7. The number of carbonyl (C=O) groups excluding carboxylic acids is 2. The molecule has 3 N–H and O–H groups in total. The molecule has 8 heteroatoms. The molecule has 0 saturated heterocycles. The predicted octanol–water partition coefficient (Wildman–Crippen LogP) is 4.04. The van der Waals surface area contributed by atoms with Gasteiger partial charge < -0.3 is 10.6 Å². The number of hydrogen-bond donors (Lipinski definition) is 3. The number of thiazole rings is 1. The van der Waals surface area contributed by atoms with Gasteiger partial charge in [0.15, 0.2) is 5.13 Å². The molecule has 6 nitrogen and oxygen atoms in total. The Kier molecular flexibility index (Phi) is 5.88. The molecule has 25 heavy (non-hydrogen) atoms. The molecule has 132 valence electrons. The van der Waals surface area contributed by atoms with E-state index in [1.165, 1.54) is 11.3 Å². The molecule has 0 spiro atoms. The van der Waals surface area contributed by atoms with Gasteiger partial charge in [-0.1, -0.05) is 30.5 Å². The molecular formula is C17H19ClN4O2S. The topological polar surface area (TPSA) is 83.1 Å². The molecule has 0 bridgehead atoms. The molecule has 1 heterocycles. The Morgan fingerprint density at radius 2 is 2.04 bits per heavy atom. The van der Waals surface area contributed by atoms with Crippen molar-refractivity contribution in [1.29, 1.82) is 0 Å². The number of carbonyl (C=O) groups is 2. The molecule has 3 amide bonds. The van der Waals surface area contributed by atoms with Crippen molar-refractivity contribution in [2.24, 2.45) is 0 Å². The maximum absolute atomic E-state index is 12.1. The van der Waals surface area contributed by atoms with E-state index >= 15 is 0 Å². The molecule has 0 aliphatic heterocycles. The quantitative estimate of drug-likeness (QED) is 0.734. The first-order valence-electron chi connectivity index (χ1n) is 8.16. The van der Waals surface area contributed by atoms with Crippen molar-refractivity contribution in [2.45, 2.75) is 38.1 Å². The second-order valence-corrected chi connectivity index (χ2v) is 7.25. The standard InChI is InChI=1S/C17H19ClN4O2S/c18-11-4-3-7-13(8-11)19-15(23)9-14-10-25-17(21-14)22-16(24)20-12-5-1-2-6-12/h3-4,7-8,10,12H,1-2,5-6,9H2,(H,19,23)(H2,20,21,22,24). The highest BCUT2D eigenvalue weighted by Crippen LogP contribution is 2.20. The summed E-state index contributed by atoms with van der Waals surface area (Å²) in [5, 5.41) is 11.3. The minimum absolute atomic E-state index is 0.134. The zero-order valence-corrected chi connectivity index (χ0v) is 15.1. The average molecular weight is 379 g/mol. The number of nitrogens with zero attached hydrogens (tertiary/aromatic N) is 1. The van der Waals surface area contributed by atoms with Gasteiger partial charge >= 0.3 is 6.03 Å². The summed E-state index contributed by atoms with van der Waals surface area (Å²) >= 11 is 7.20. The minimum atomic E-state index is -0.240. The molecule has 2 aromatic rings. The maximum atomic E-state index is 12.1. The first-order chi connectivity index (χ1) is 12.1. The fraction of sp³-hybridized carbons (Fsp3) is 0.353. The summed E-state index contributed by atoms with van der Waals surface area (Å²) in [6.07, 6.45) is 4.51. The number of aromatic nitrogens is 1. The number of hydrogen-bond acceptors (Lipinski definition) is 4. The number of rotatable bonds is 5. The minimum Gasteiger partial charge on any atom is -0.335 e. The van der Waals surface area contributed by atoms with E-state index in [1.54, 1.807) is 29.6 Å². The lowest BCUT2D eigenvalue weighted by Gasteiger charge is -2.11. The van der Waals surface area contributed by atoms with E-state index in [2.05, 4.69) is 20.9 Å². The zero-order chi connectivity index (χ0) is 17.6. The van der Waals surface area contributed by atoms with Crippen molar-refractivity contribution in [3.8, 4) is 0 Å². The Morgan fingerprint density at radius 1 is 1.24 bits per heavy atom. The molecule has 1 saturated carbocycles. The third-order valence-corrected chi connectivity index (χ3v) is 4.95. The van der Waals surface area contributed by atoms with Gasteiger partial charge in [0, 0.05) is 22.1 Å². The van der Waals surface area contributed by atoms with Gasteiger partial charge in [-0.2, -0.15) is 0 Å². The Hall–Kier alpha value is -2.12. The third-order valence-electron chi connectivity index (χ3n) is 3.91. The van der Waals surface area contributed by atoms with Crippen LogP contribution in [-0.2, 0) is 11.2 Å². The number of amides is 3. The van der Waals surface area contributed by atoms with Crippen LogP contribution < -0.4 is 16.0 Å². The lowest BCUT2D eigenvalue weighted by atomic mass is 10.3. The third kappa shape index (κ3) is 5.44. The molecule has 1 fully saturated rings. The van der Waals surface area contributed by atoms with Gasteiger partial charge in [-0.05, 0) is 31.0 Å². The van der Waals surface area contributed by atoms with E-state index in [0.29, 0.717) is 21.5 Å². The van der Waals surface area contributed by atoms with Crippen LogP contribution >= 0.6 is 22.9 Å². The van der Waals surface area contributed by atoms with Crippen LogP contribution in [0.5, 0.6) is 0 Å². The predicted molar refractivity (Wildman–Crippen MR) is 100 cm³/mol. The second kappa shape index (κ2) is 8.31. The van der Waals surface area contributed by atoms with Gasteiger partial charge in [-0.15, -0.1) is 11.3 Å². The van der Waals surface area contributed by atoms with Crippen molar-refractivity contribution < 1.29 is 9.59 Å². The normalized spacial score (nSPS) is 14.3. The Bertz CT molecular complexity index is 759. The highest BCUT2D eigenvalue weighted by molar-refractivity contribution is 7.13. The largest absolute Gasteiger partial charge is 0.335 e. The van der Waals surface area contributed by atoms with Gasteiger partial charge in [0.25, 0.3) is 0 Å². The van der Waals surface area contributed by atoms with Crippen LogP contribution in [0.1, 0.15) is 31.4 Å². The maximum Gasteiger partial charge on any atom is 0.321 e. The van der Waals surface area contributed by atoms with Crippen molar-refractivity contribution >= 4 is 45.7 Å². The summed E-state index contributed by atoms with van der Waals surface area (Å²) in [6.45, 7) is 0. The number of nitrogens with one attached hydrogen (secondary N) is 3. The van der Waals surface area contributed by atoms with Gasteiger partial charge in [0.1, 0.15) is 0 Å². The van der Waals surface area contributed by atoms with E-state index in [1.807, 2.05) is 0 Å². The van der Waals surface area contributed by atoms with Gasteiger partial charge in [-0.25, -0.2) is 9.78 Å². The van der Waals surface area contributed by atoms with Crippen molar-refractivity contribution in [1.82, 2.24) is 10.3 Å². The van der Waals surface area contributed by atoms with Crippen molar-refractivity contribution in [3.63, 3.8) is 0 Å². The van der Waals surface area contributed by atoms with Gasteiger partial charge in [0.2, 0.25) is 5.91 Å². The lowest BCUT2D eigenvalue weighted by Crippen LogP contribution is -2.36. The summed E-state index contributed by atoms with van der Waals surface area (Å²) in [5.41, 5.74) is 1.25. The molecule has 3 rings (SSSR count). The molecular weight excluding hydrogens is 360 g/mol. The molecule has 0 atom stereocenters. The number of halogens is 1. The lowest BCUT2D eigenvalue weighted by molar-refractivity contribution is -0.115. The molecule has 1 aromatic carbocycles. The fourth-order valence-electron chi connectivity index (χ4n) is 2.77. The first-order valence-corrected chi connectivity index (χ1v) is 9.41. The monoisotopic (exact) mass is 378 g/mol. The van der Waals surface area contributed by atoms with Crippen LogP contribution in [-0.4, -0.2) is 23.0 Å². The van der Waals surface area contributed by atoms with Gasteiger partial charge in [-0.3, -0.25) is 10.1 Å². The number of anilines is 2. The van der Waals surface area contributed by atoms with Gasteiger partial charge in [0.05, 0.1) is 12.1 Å². The Balaban J connectivity index is 1.49. The van der Waals surface area contributed by atoms with Crippen LogP contribution in [0.2, 0.25) is 5.02 Å². The van der Waals surface area contributed by atoms with Crippen LogP contribution in [0.25, 0.3) is 0 Å². The second-order valence-electron chi connectivity index (χ2n) is 5.96. The smallest absolute Gasteiger partial charge is 0.321 e. The summed E-state index contributed by atoms with van der Waals surface area (Å²) in [5.74, 6) is -0.186. The molecule has 0 unspecified atom stereocenters. The highest BCUT2D eigenvalue weighted by Gasteiger charge is 2.17. The SMILES string of the molecule is O=C(Cc1csc(NC(=O)NC2CCCC2)n1)Nc1cccc(Cl)c1. The van der Waals surface area contributed by atoms with Crippen LogP contribution in [0.15, 0.2) is 29.6 Å². The fourth-order valence-corrected chi connectivity index (χ4v) is 3.67. The number of benzene rings is 1. The molecule has 1 aliphatic rings. The molecule has 1 aromatic heterocycles. The molecule has 1 aliphatic carbocycles. The van der Waals surface area contributed by atoms with Crippen molar-refractivity contribution in [2.75, 3.05) is 10.6 Å². The van der Waals surface area contributed by atoms with Crippen LogP contribution in [0, 0.1) is 0 Å². The number of urea groups is 1. The van der Waals surface area contributed by atoms with E-state index in [4.69, 9.17) is 11.6 Å². The summed E-state index contributed by atoms with van der Waals surface area (Å²) in [4.78, 5) is 28.3. The summed E-state index contributed by atoms with van der Waals surface area (Å²) in [7, 11) is 0. The Morgan fingerprint density at radius 3 is 2.80 bits per heavy atom. The van der Waals surface area contributed by atoms with E-state index in [-0.39, 0.29) is 24.4 Å². The average Bonchev–Trinajstić information content (AvgIpc) is 3.19. The van der Waals surface area contributed by atoms with E-state index in [9.17, 15) is 9.59 Å². The zero-order valence-electron chi connectivity index (χ0n) is 13.5. The summed E-state index contributed by atoms with van der Waals surface area (Å²) in [6, 6.07) is 6.98. The van der Waals surface area contributed by atoms with Crippen LogP contribution in [0.4, 0.5) is 15.6 Å². The van der Waals surface area contributed by atoms with Crippen molar-refractivity contribution in [3.05, 3.63) is 40.4 Å². The molecule has 0 radical (unpaired) electrons.